The van der Waals surface area contributed by atoms with Crippen molar-refractivity contribution in [2.45, 2.75) is 6.82 Å². The first kappa shape index (κ1) is 7.42. The Kier molecular flexibility index (Phi) is 1.87. The quantitative estimate of drug-likeness (QED) is 0.551. The minimum atomic E-state index is 1.29. The first-order valence-electron chi connectivity index (χ1n) is 4.18. The van der Waals surface area contributed by atoms with Gasteiger partial charge in [0.05, 0.1) is 0 Å². The minimum Gasteiger partial charge on any atom is -0.0875 e. The Bertz CT molecular complexity index is 393. The number of hydrogen-bond donors (Lipinski definition) is 0. The van der Waals surface area contributed by atoms with Crippen molar-refractivity contribution in [3.63, 3.8) is 0 Å². The molecule has 0 bridgehead atoms. The van der Waals surface area contributed by atoms with Crippen molar-refractivity contribution in [3.05, 3.63) is 42.5 Å². The highest BCUT2D eigenvalue weighted by molar-refractivity contribution is 6.52. The predicted molar refractivity (Wildman–Crippen MR) is 55.2 cm³/mol. The molecular formula is C11H10B. The molecule has 57 valence electrons. The number of hydrogen-bond acceptors (Lipinski definition) is 0. The van der Waals surface area contributed by atoms with Gasteiger partial charge >= 0.3 is 0 Å². The van der Waals surface area contributed by atoms with Crippen LogP contribution in [0.25, 0.3) is 10.8 Å². The van der Waals surface area contributed by atoms with Crippen LogP contribution in [0.4, 0.5) is 0 Å². The SMILES string of the molecule is C[B]c1ccc2ccccc2c1. The molecular weight excluding hydrogens is 143 g/mol. The summed E-state index contributed by atoms with van der Waals surface area (Å²) in [5.74, 6) is 0. The summed E-state index contributed by atoms with van der Waals surface area (Å²) in [6.45, 7) is 2.06. The van der Waals surface area contributed by atoms with Gasteiger partial charge in [-0.05, 0) is 10.8 Å². The lowest BCUT2D eigenvalue weighted by atomic mass is 9.73. The molecule has 0 aliphatic carbocycles. The van der Waals surface area contributed by atoms with Gasteiger partial charge in [0, 0.05) is 0 Å². The summed E-state index contributed by atoms with van der Waals surface area (Å²) in [5.41, 5.74) is 1.29. The number of benzene rings is 2. The molecule has 0 saturated carbocycles. The summed E-state index contributed by atoms with van der Waals surface area (Å²) < 4.78 is 0. The normalized spacial score (nSPS) is 10.1. The van der Waals surface area contributed by atoms with Crippen molar-refractivity contribution in [2.75, 3.05) is 0 Å². The Balaban J connectivity index is 2.67. The standard InChI is InChI=1S/C11H10B/c1-12-11-7-6-9-4-2-3-5-10(9)8-11/h2-8H,1H3. The van der Waals surface area contributed by atoms with E-state index in [2.05, 4.69) is 56.6 Å². The third kappa shape index (κ3) is 1.23. The predicted octanol–water partition coefficient (Wildman–Crippen LogP) is 2.22. The average molecular weight is 153 g/mol. The fourth-order valence-electron chi connectivity index (χ4n) is 1.39. The fraction of sp³-hybridized carbons (Fsp3) is 0.0909. The highest BCUT2D eigenvalue weighted by Crippen LogP contribution is 2.10. The van der Waals surface area contributed by atoms with E-state index in [1.807, 2.05) is 0 Å². The van der Waals surface area contributed by atoms with Crippen LogP contribution in [0.15, 0.2) is 42.5 Å². The summed E-state index contributed by atoms with van der Waals surface area (Å²) in [6, 6.07) is 14.9. The Morgan fingerprint density at radius 2 is 1.67 bits per heavy atom. The summed E-state index contributed by atoms with van der Waals surface area (Å²) >= 11 is 0. The van der Waals surface area contributed by atoms with Gasteiger partial charge in [-0.15, -0.1) is 0 Å². The molecule has 2 aromatic carbocycles. The van der Waals surface area contributed by atoms with Crippen LogP contribution in [0, 0.1) is 0 Å². The second-order valence-corrected chi connectivity index (χ2v) is 2.90. The smallest absolute Gasteiger partial charge is 0.0875 e. The van der Waals surface area contributed by atoms with E-state index in [0.29, 0.717) is 0 Å². The minimum absolute atomic E-state index is 1.29. The second-order valence-electron chi connectivity index (χ2n) is 2.90. The van der Waals surface area contributed by atoms with Gasteiger partial charge in [-0.1, -0.05) is 54.8 Å². The van der Waals surface area contributed by atoms with Gasteiger partial charge in [0.25, 0.3) is 0 Å². The summed E-state index contributed by atoms with van der Waals surface area (Å²) in [6.07, 6.45) is 0. The van der Waals surface area contributed by atoms with Crippen LogP contribution >= 0.6 is 0 Å². The van der Waals surface area contributed by atoms with Crippen LogP contribution in [-0.2, 0) is 0 Å². The van der Waals surface area contributed by atoms with Crippen molar-refractivity contribution >= 4 is 23.5 Å². The molecule has 0 fully saturated rings. The van der Waals surface area contributed by atoms with Gasteiger partial charge in [0.2, 0.25) is 0 Å². The largest absolute Gasteiger partial charge is 0.148 e. The maximum atomic E-state index is 2.20. The van der Waals surface area contributed by atoms with Crippen molar-refractivity contribution in [2.24, 2.45) is 0 Å². The molecule has 0 aromatic heterocycles. The average Bonchev–Trinajstić information content (AvgIpc) is 2.17. The van der Waals surface area contributed by atoms with E-state index < -0.39 is 0 Å². The third-order valence-corrected chi connectivity index (χ3v) is 2.11. The third-order valence-electron chi connectivity index (χ3n) is 2.11. The van der Waals surface area contributed by atoms with Crippen molar-refractivity contribution in [3.8, 4) is 0 Å². The van der Waals surface area contributed by atoms with E-state index in [0.717, 1.165) is 0 Å². The summed E-state index contributed by atoms with van der Waals surface area (Å²) in [7, 11) is 2.12. The molecule has 0 unspecified atom stereocenters. The van der Waals surface area contributed by atoms with Crippen LogP contribution in [0.5, 0.6) is 0 Å². The molecule has 0 aliphatic rings. The van der Waals surface area contributed by atoms with Gasteiger partial charge in [0.1, 0.15) is 7.28 Å². The van der Waals surface area contributed by atoms with Crippen LogP contribution in [-0.4, -0.2) is 7.28 Å². The maximum absolute atomic E-state index is 2.20. The zero-order valence-corrected chi connectivity index (χ0v) is 7.12. The number of rotatable bonds is 1. The Morgan fingerprint density at radius 1 is 0.917 bits per heavy atom. The molecule has 1 radical (unpaired) electrons. The molecule has 0 nitrogen and oxygen atoms in total. The fourth-order valence-corrected chi connectivity index (χ4v) is 1.39. The van der Waals surface area contributed by atoms with E-state index in [4.69, 9.17) is 0 Å². The zero-order chi connectivity index (χ0) is 8.39. The molecule has 0 heterocycles. The lowest BCUT2D eigenvalue weighted by molar-refractivity contribution is 1.78. The van der Waals surface area contributed by atoms with Crippen molar-refractivity contribution in [1.29, 1.82) is 0 Å². The van der Waals surface area contributed by atoms with E-state index in [9.17, 15) is 0 Å². The van der Waals surface area contributed by atoms with E-state index in [1.165, 1.54) is 16.2 Å². The molecule has 0 atom stereocenters. The molecule has 2 aromatic rings. The van der Waals surface area contributed by atoms with Crippen molar-refractivity contribution in [1.82, 2.24) is 0 Å². The van der Waals surface area contributed by atoms with Crippen molar-refractivity contribution < 1.29 is 0 Å². The molecule has 0 amide bonds. The summed E-state index contributed by atoms with van der Waals surface area (Å²) in [4.78, 5) is 0. The molecule has 12 heavy (non-hydrogen) atoms. The lowest BCUT2D eigenvalue weighted by Gasteiger charge is -1.99. The molecule has 2 rings (SSSR count). The summed E-state index contributed by atoms with van der Waals surface area (Å²) in [5, 5.41) is 2.62. The van der Waals surface area contributed by atoms with E-state index >= 15 is 0 Å². The molecule has 0 spiro atoms. The van der Waals surface area contributed by atoms with E-state index in [-0.39, 0.29) is 0 Å². The van der Waals surface area contributed by atoms with Gasteiger partial charge < -0.3 is 0 Å². The maximum Gasteiger partial charge on any atom is 0.148 e. The molecule has 0 aliphatic heterocycles. The molecule has 1 heteroatoms. The van der Waals surface area contributed by atoms with Gasteiger partial charge in [-0.3, -0.25) is 0 Å². The number of fused-ring (bicyclic) bond motifs is 1. The van der Waals surface area contributed by atoms with E-state index in [1.54, 1.807) is 0 Å². The van der Waals surface area contributed by atoms with Gasteiger partial charge in [-0.2, -0.15) is 0 Å². The zero-order valence-electron chi connectivity index (χ0n) is 7.12. The highest BCUT2D eigenvalue weighted by Gasteiger charge is 1.92. The second kappa shape index (κ2) is 3.02. The molecule has 0 saturated heterocycles. The Morgan fingerprint density at radius 3 is 2.42 bits per heavy atom. The first-order chi connectivity index (χ1) is 5.90. The van der Waals surface area contributed by atoms with Crippen LogP contribution in [0.1, 0.15) is 0 Å². The topological polar surface area (TPSA) is 0 Å². The molecule has 0 N–H and O–H groups in total. The first-order valence-corrected chi connectivity index (χ1v) is 4.18. The Hall–Kier alpha value is -1.24. The highest BCUT2D eigenvalue weighted by atomic mass is 13.9. The van der Waals surface area contributed by atoms with Crippen LogP contribution in [0.3, 0.4) is 0 Å². The van der Waals surface area contributed by atoms with Gasteiger partial charge in [-0.25, -0.2) is 0 Å². The van der Waals surface area contributed by atoms with Crippen LogP contribution in [0.2, 0.25) is 6.82 Å². The Labute approximate surface area is 73.5 Å². The lowest BCUT2D eigenvalue weighted by Crippen LogP contribution is -2.08. The van der Waals surface area contributed by atoms with Crippen LogP contribution < -0.4 is 5.46 Å². The monoisotopic (exact) mass is 153 g/mol. The van der Waals surface area contributed by atoms with Gasteiger partial charge in [0.15, 0.2) is 0 Å².